The molecule has 1 aliphatic carbocycles. The van der Waals surface area contributed by atoms with E-state index in [-0.39, 0.29) is 17.3 Å². The lowest BCUT2D eigenvalue weighted by Gasteiger charge is -2.23. The van der Waals surface area contributed by atoms with Crippen LogP contribution in [0.5, 0.6) is 0 Å². The molecule has 0 atom stereocenters. The summed E-state index contributed by atoms with van der Waals surface area (Å²) in [4.78, 5) is 13.4. The largest absolute Gasteiger partial charge is 0.371 e. The molecule has 1 aromatic rings. The van der Waals surface area contributed by atoms with E-state index in [2.05, 4.69) is 44.0 Å². The molecule has 0 saturated carbocycles. The smallest absolute Gasteiger partial charge is 0.231 e. The van der Waals surface area contributed by atoms with E-state index in [0.717, 1.165) is 31.6 Å². The molecular formula is C25H37FN8O2S. The average molecular weight is 533 g/mol. The number of guanidine groups is 1. The van der Waals surface area contributed by atoms with Crippen LogP contribution in [-0.2, 0) is 10.0 Å². The normalized spacial score (nSPS) is 15.2. The first-order chi connectivity index (χ1) is 17.6. The molecule has 1 aliphatic rings. The Morgan fingerprint density at radius 1 is 1.41 bits per heavy atom. The summed E-state index contributed by atoms with van der Waals surface area (Å²) >= 11 is 0. The van der Waals surface area contributed by atoms with Gasteiger partial charge in [-0.15, -0.1) is 0 Å². The van der Waals surface area contributed by atoms with Crippen molar-refractivity contribution in [3.8, 4) is 0 Å². The maximum absolute atomic E-state index is 14.5. The fraction of sp³-hybridized carbons (Fsp3) is 0.360. The average Bonchev–Trinajstić information content (AvgIpc) is 3.21. The van der Waals surface area contributed by atoms with Gasteiger partial charge in [-0.05, 0) is 51.1 Å². The molecule has 0 fully saturated rings. The van der Waals surface area contributed by atoms with Gasteiger partial charge < -0.3 is 26.3 Å². The number of aliphatic imine (C=N–C) groups is 2. The third-order valence-electron chi connectivity index (χ3n) is 5.61. The molecule has 0 spiro atoms. The second kappa shape index (κ2) is 14.2. The van der Waals surface area contributed by atoms with Crippen molar-refractivity contribution < 1.29 is 12.8 Å². The molecule has 0 unspecified atom stereocenters. The van der Waals surface area contributed by atoms with Crippen LogP contribution < -0.4 is 16.4 Å². The lowest BCUT2D eigenvalue weighted by molar-refractivity contribution is 0.373. The van der Waals surface area contributed by atoms with Crippen molar-refractivity contribution in [2.75, 3.05) is 45.3 Å². The van der Waals surface area contributed by atoms with E-state index < -0.39 is 15.8 Å². The number of nitrogens with zero attached hydrogens (tertiary/aromatic N) is 4. The second-order valence-electron chi connectivity index (χ2n) is 8.15. The Hall–Kier alpha value is -3.64. The van der Waals surface area contributed by atoms with Crippen molar-refractivity contribution in [1.82, 2.24) is 19.5 Å². The van der Waals surface area contributed by atoms with Crippen LogP contribution in [0.15, 0.2) is 76.4 Å². The molecule has 0 bridgehead atoms. The van der Waals surface area contributed by atoms with Crippen LogP contribution in [0.4, 0.5) is 10.2 Å². The standard InChI is InChI=1S/C25H37FN8O2S/c1-6-19(34(7-2)16-15-28-3)11-10-14-29-25(27)32-24-20(21(26)18-31-24)17-30-22-12-8-9-13-23(22)33(4)37(5,35)36/h6,8,10-12,14,17-18,28,31H,1,7,9,13,15-16H2,2-5H3,(H3,27,29,32)/b14-10+,19-11+,30-17?. The van der Waals surface area contributed by atoms with Crippen molar-refractivity contribution in [3.63, 3.8) is 0 Å². The molecule has 5 N–H and O–H groups in total. The van der Waals surface area contributed by atoms with Crippen LogP contribution >= 0.6 is 0 Å². The molecule has 0 saturated heterocycles. The van der Waals surface area contributed by atoms with Gasteiger partial charge >= 0.3 is 0 Å². The summed E-state index contributed by atoms with van der Waals surface area (Å²) in [6, 6.07) is 0. The van der Waals surface area contributed by atoms with Crippen molar-refractivity contribution in [2.24, 2.45) is 15.7 Å². The Balaban J connectivity index is 2.19. The maximum Gasteiger partial charge on any atom is 0.231 e. The number of allylic oxidation sites excluding steroid dienone is 6. The summed E-state index contributed by atoms with van der Waals surface area (Å²) in [5, 5.41) is 5.96. The summed E-state index contributed by atoms with van der Waals surface area (Å²) in [7, 11) is -0.0672. The summed E-state index contributed by atoms with van der Waals surface area (Å²) in [6.07, 6.45) is 15.4. The monoisotopic (exact) mass is 532 g/mol. The van der Waals surface area contributed by atoms with Crippen LogP contribution in [0.3, 0.4) is 0 Å². The van der Waals surface area contributed by atoms with Gasteiger partial charge in [0.25, 0.3) is 0 Å². The maximum atomic E-state index is 14.5. The molecule has 12 heteroatoms. The first-order valence-corrected chi connectivity index (χ1v) is 13.7. The molecule has 0 aliphatic heterocycles. The molecule has 0 aromatic carbocycles. The molecule has 37 heavy (non-hydrogen) atoms. The molecule has 2 rings (SSSR count). The van der Waals surface area contributed by atoms with Crippen LogP contribution in [0, 0.1) is 5.82 Å². The first-order valence-electron chi connectivity index (χ1n) is 11.9. The number of likely N-dealkylation sites (N-methyl/N-ethyl adjacent to an activating group) is 2. The number of H-pyrrole nitrogens is 1. The second-order valence-corrected chi connectivity index (χ2v) is 10.2. The molecule has 1 aromatic heterocycles. The molecule has 0 amide bonds. The lowest BCUT2D eigenvalue weighted by atomic mass is 10.1. The van der Waals surface area contributed by atoms with Crippen LogP contribution in [0.1, 0.15) is 25.3 Å². The predicted octanol–water partition coefficient (Wildman–Crippen LogP) is 2.88. The van der Waals surface area contributed by atoms with Gasteiger partial charge in [-0.1, -0.05) is 12.7 Å². The minimum atomic E-state index is -3.45. The molecular weight excluding hydrogens is 495 g/mol. The van der Waals surface area contributed by atoms with Gasteiger partial charge in [-0.3, -0.25) is 9.30 Å². The Bertz CT molecular complexity index is 1230. The first kappa shape index (κ1) is 29.6. The lowest BCUT2D eigenvalue weighted by Crippen LogP contribution is -2.29. The van der Waals surface area contributed by atoms with Gasteiger partial charge in [-0.25, -0.2) is 17.8 Å². The number of sulfonamides is 1. The zero-order valence-corrected chi connectivity index (χ0v) is 22.6. The predicted molar refractivity (Wildman–Crippen MR) is 150 cm³/mol. The van der Waals surface area contributed by atoms with Crippen molar-refractivity contribution in [2.45, 2.75) is 19.8 Å². The van der Waals surface area contributed by atoms with Crippen molar-refractivity contribution in [1.29, 1.82) is 0 Å². The summed E-state index contributed by atoms with van der Waals surface area (Å²) in [6.45, 7) is 8.46. The SMILES string of the molecule is C=C/C(=C\C=C\N=C(N)Nc1[nH]cc(F)c1C=NC1=C(N(C)S(C)(=O)=O)CCC=C1)N(CC)CCNC. The third kappa shape index (κ3) is 8.76. The van der Waals surface area contributed by atoms with E-state index in [1.165, 1.54) is 30.0 Å². The van der Waals surface area contributed by atoms with E-state index in [0.29, 0.717) is 24.2 Å². The fourth-order valence-electron chi connectivity index (χ4n) is 3.49. The number of nitrogens with two attached hydrogens (primary N) is 1. The highest BCUT2D eigenvalue weighted by molar-refractivity contribution is 7.88. The topological polar surface area (TPSA) is 131 Å². The van der Waals surface area contributed by atoms with Crippen LogP contribution in [-0.4, -0.2) is 74.8 Å². The Morgan fingerprint density at radius 2 is 2.16 bits per heavy atom. The third-order valence-corrected chi connectivity index (χ3v) is 6.82. The van der Waals surface area contributed by atoms with E-state index in [9.17, 15) is 12.8 Å². The summed E-state index contributed by atoms with van der Waals surface area (Å²) in [5.74, 6) is -0.244. The molecule has 1 heterocycles. The Kier molecular flexibility index (Phi) is 11.3. The minimum absolute atomic E-state index is 0.0399. The van der Waals surface area contributed by atoms with Gasteiger partial charge in [0.1, 0.15) is 5.82 Å². The van der Waals surface area contributed by atoms with E-state index in [1.807, 2.05) is 19.2 Å². The number of rotatable bonds is 13. The van der Waals surface area contributed by atoms with Crippen molar-refractivity contribution in [3.05, 3.63) is 77.8 Å². The Labute approximate surface area is 219 Å². The summed E-state index contributed by atoms with van der Waals surface area (Å²) in [5.41, 5.74) is 8.04. The van der Waals surface area contributed by atoms with Gasteiger partial charge in [0.2, 0.25) is 10.0 Å². The zero-order chi connectivity index (χ0) is 27.4. The number of anilines is 1. The summed E-state index contributed by atoms with van der Waals surface area (Å²) < 4.78 is 39.6. The number of aromatic amines is 1. The van der Waals surface area contributed by atoms with Gasteiger partial charge in [-0.2, -0.15) is 0 Å². The highest BCUT2D eigenvalue weighted by atomic mass is 32.2. The van der Waals surface area contributed by atoms with Gasteiger partial charge in [0.15, 0.2) is 11.8 Å². The van der Waals surface area contributed by atoms with Gasteiger partial charge in [0.05, 0.1) is 23.2 Å². The fourth-order valence-corrected chi connectivity index (χ4v) is 4.08. The molecule has 0 radical (unpaired) electrons. The number of aromatic nitrogens is 1. The number of nitrogens with one attached hydrogen (secondary N) is 3. The zero-order valence-electron chi connectivity index (χ0n) is 21.8. The van der Waals surface area contributed by atoms with E-state index in [4.69, 9.17) is 5.73 Å². The highest BCUT2D eigenvalue weighted by Gasteiger charge is 2.19. The Morgan fingerprint density at radius 3 is 2.81 bits per heavy atom. The number of hydrogen-bond acceptors (Lipinski definition) is 6. The molecule has 202 valence electrons. The van der Waals surface area contributed by atoms with E-state index in [1.54, 1.807) is 18.2 Å². The van der Waals surface area contributed by atoms with E-state index >= 15 is 0 Å². The van der Waals surface area contributed by atoms with Crippen LogP contribution in [0.2, 0.25) is 0 Å². The quantitative estimate of drug-likeness (QED) is 0.176. The highest BCUT2D eigenvalue weighted by Crippen LogP contribution is 2.25. The minimum Gasteiger partial charge on any atom is -0.371 e. The number of hydrogen-bond donors (Lipinski definition) is 4. The van der Waals surface area contributed by atoms with Crippen molar-refractivity contribution >= 4 is 28.0 Å². The molecule has 10 nitrogen and oxygen atoms in total. The number of halogens is 1. The van der Waals surface area contributed by atoms with Gasteiger partial charge in [0, 0.05) is 51.0 Å². The van der Waals surface area contributed by atoms with Crippen LogP contribution in [0.25, 0.3) is 0 Å².